The lowest BCUT2D eigenvalue weighted by molar-refractivity contribution is 0.301. The zero-order valence-corrected chi connectivity index (χ0v) is 9.61. The number of nitrogens with zero attached hydrogens (tertiary/aromatic N) is 2. The quantitative estimate of drug-likeness (QED) is 0.776. The molecule has 0 atom stereocenters. The number of anilines is 1. The van der Waals surface area contributed by atoms with Gasteiger partial charge in [-0.05, 0) is 31.0 Å². The minimum atomic E-state index is 0.180. The second-order valence-electron chi connectivity index (χ2n) is 3.76. The molecule has 0 saturated carbocycles. The third-order valence-electron chi connectivity index (χ3n) is 2.38. The fraction of sp³-hybridized carbons (Fsp3) is 0.583. The van der Waals surface area contributed by atoms with Gasteiger partial charge in [0.15, 0.2) is 0 Å². The summed E-state index contributed by atoms with van der Waals surface area (Å²) in [5.41, 5.74) is 1.21. The number of pyridine rings is 1. The molecule has 0 radical (unpaired) electrons. The van der Waals surface area contributed by atoms with Gasteiger partial charge in [-0.15, -0.1) is 0 Å². The van der Waals surface area contributed by atoms with E-state index in [2.05, 4.69) is 29.8 Å². The first-order valence-corrected chi connectivity index (χ1v) is 5.56. The highest BCUT2D eigenvalue weighted by Crippen LogP contribution is 2.12. The Morgan fingerprint density at radius 2 is 2.20 bits per heavy atom. The molecule has 0 aliphatic rings. The molecular weight excluding hydrogens is 188 g/mol. The van der Waals surface area contributed by atoms with Gasteiger partial charge in [-0.2, -0.15) is 0 Å². The number of aliphatic hydroxyl groups excluding tert-OH is 1. The van der Waals surface area contributed by atoms with Crippen LogP contribution in [0.4, 0.5) is 5.82 Å². The highest BCUT2D eigenvalue weighted by Gasteiger charge is 2.06. The Labute approximate surface area is 91.8 Å². The lowest BCUT2D eigenvalue weighted by Gasteiger charge is -2.22. The van der Waals surface area contributed by atoms with Crippen molar-refractivity contribution in [2.45, 2.75) is 26.7 Å². The van der Waals surface area contributed by atoms with E-state index in [4.69, 9.17) is 5.11 Å². The Morgan fingerprint density at radius 1 is 1.40 bits per heavy atom. The van der Waals surface area contributed by atoms with Crippen LogP contribution in [-0.4, -0.2) is 29.8 Å². The molecule has 1 aromatic heterocycles. The normalized spacial score (nSPS) is 10.3. The van der Waals surface area contributed by atoms with Crippen LogP contribution >= 0.6 is 0 Å². The van der Waals surface area contributed by atoms with Crippen molar-refractivity contribution in [3.05, 3.63) is 23.9 Å². The van der Waals surface area contributed by atoms with Gasteiger partial charge in [-0.25, -0.2) is 4.98 Å². The van der Waals surface area contributed by atoms with Gasteiger partial charge < -0.3 is 10.0 Å². The topological polar surface area (TPSA) is 36.4 Å². The Balaban J connectivity index is 2.69. The van der Waals surface area contributed by atoms with Gasteiger partial charge in [-0.3, -0.25) is 0 Å². The summed E-state index contributed by atoms with van der Waals surface area (Å²) in [6.45, 7) is 6.03. The van der Waals surface area contributed by atoms with Gasteiger partial charge in [0.05, 0.1) is 6.61 Å². The summed E-state index contributed by atoms with van der Waals surface area (Å²) in [6.07, 6.45) is 4.12. The second-order valence-corrected chi connectivity index (χ2v) is 3.76. The summed E-state index contributed by atoms with van der Waals surface area (Å²) in [6, 6.07) is 4.05. The third-order valence-corrected chi connectivity index (χ3v) is 2.38. The van der Waals surface area contributed by atoms with Gasteiger partial charge in [-0.1, -0.05) is 13.3 Å². The van der Waals surface area contributed by atoms with E-state index < -0.39 is 0 Å². The van der Waals surface area contributed by atoms with Crippen molar-refractivity contribution in [3.8, 4) is 0 Å². The van der Waals surface area contributed by atoms with Gasteiger partial charge in [0.2, 0.25) is 0 Å². The van der Waals surface area contributed by atoms with Crippen molar-refractivity contribution < 1.29 is 5.11 Å². The largest absolute Gasteiger partial charge is 0.395 e. The van der Waals surface area contributed by atoms with Crippen molar-refractivity contribution in [2.75, 3.05) is 24.6 Å². The monoisotopic (exact) mass is 208 g/mol. The smallest absolute Gasteiger partial charge is 0.128 e. The molecule has 3 heteroatoms. The number of hydrogen-bond donors (Lipinski definition) is 1. The summed E-state index contributed by atoms with van der Waals surface area (Å²) in [5, 5.41) is 9.00. The van der Waals surface area contributed by atoms with Gasteiger partial charge >= 0.3 is 0 Å². The first-order chi connectivity index (χ1) is 7.27. The van der Waals surface area contributed by atoms with Crippen LogP contribution in [0, 0.1) is 6.92 Å². The molecule has 0 fully saturated rings. The first-order valence-electron chi connectivity index (χ1n) is 5.56. The average Bonchev–Trinajstić information content (AvgIpc) is 2.24. The molecule has 0 aliphatic carbocycles. The van der Waals surface area contributed by atoms with E-state index in [0.29, 0.717) is 6.54 Å². The van der Waals surface area contributed by atoms with Crippen LogP contribution in [0.15, 0.2) is 18.3 Å². The summed E-state index contributed by atoms with van der Waals surface area (Å²) >= 11 is 0. The SMILES string of the molecule is CCCCN(CCO)c1cc(C)ccn1. The molecule has 0 bridgehead atoms. The minimum absolute atomic E-state index is 0.180. The molecule has 1 heterocycles. The van der Waals surface area contributed by atoms with Crippen LogP contribution in [0.5, 0.6) is 0 Å². The molecular formula is C12H20N2O. The van der Waals surface area contributed by atoms with Crippen molar-refractivity contribution in [3.63, 3.8) is 0 Å². The average molecular weight is 208 g/mol. The van der Waals surface area contributed by atoms with Gasteiger partial charge in [0.25, 0.3) is 0 Å². The van der Waals surface area contributed by atoms with Crippen LogP contribution in [0.2, 0.25) is 0 Å². The highest BCUT2D eigenvalue weighted by atomic mass is 16.3. The van der Waals surface area contributed by atoms with Crippen LogP contribution in [0.3, 0.4) is 0 Å². The summed E-state index contributed by atoms with van der Waals surface area (Å²) in [7, 11) is 0. The lowest BCUT2D eigenvalue weighted by Crippen LogP contribution is -2.28. The molecule has 0 aromatic carbocycles. The molecule has 1 aromatic rings. The van der Waals surface area contributed by atoms with Crippen LogP contribution in [-0.2, 0) is 0 Å². The summed E-state index contributed by atoms with van der Waals surface area (Å²) in [5.74, 6) is 0.970. The minimum Gasteiger partial charge on any atom is -0.395 e. The van der Waals surface area contributed by atoms with E-state index in [-0.39, 0.29) is 6.61 Å². The van der Waals surface area contributed by atoms with E-state index in [1.807, 2.05) is 12.3 Å². The molecule has 84 valence electrons. The Kier molecular flexibility index (Phi) is 5.12. The van der Waals surface area contributed by atoms with E-state index >= 15 is 0 Å². The fourth-order valence-corrected chi connectivity index (χ4v) is 1.50. The maximum absolute atomic E-state index is 9.00. The molecule has 3 nitrogen and oxygen atoms in total. The van der Waals surface area contributed by atoms with E-state index in [9.17, 15) is 0 Å². The maximum Gasteiger partial charge on any atom is 0.128 e. The van der Waals surface area contributed by atoms with Crippen LogP contribution in [0.1, 0.15) is 25.3 Å². The number of aromatic nitrogens is 1. The van der Waals surface area contributed by atoms with E-state index in [0.717, 1.165) is 25.2 Å². The molecule has 0 spiro atoms. The summed E-state index contributed by atoms with van der Waals surface area (Å²) < 4.78 is 0. The predicted octanol–water partition coefficient (Wildman–Crippen LogP) is 1.99. The van der Waals surface area contributed by atoms with Crippen molar-refractivity contribution in [2.24, 2.45) is 0 Å². The van der Waals surface area contributed by atoms with Gasteiger partial charge in [0, 0.05) is 19.3 Å². The van der Waals surface area contributed by atoms with Crippen LogP contribution in [0.25, 0.3) is 0 Å². The number of hydrogen-bond acceptors (Lipinski definition) is 3. The number of aryl methyl sites for hydroxylation is 1. The molecule has 0 saturated heterocycles. The zero-order chi connectivity index (χ0) is 11.1. The molecule has 1 rings (SSSR count). The molecule has 1 N–H and O–H groups in total. The lowest BCUT2D eigenvalue weighted by atomic mass is 10.2. The van der Waals surface area contributed by atoms with Crippen molar-refractivity contribution in [1.29, 1.82) is 0 Å². The Hall–Kier alpha value is -1.09. The molecule has 0 unspecified atom stereocenters. The Bertz CT molecular complexity index is 289. The van der Waals surface area contributed by atoms with Crippen molar-refractivity contribution >= 4 is 5.82 Å². The third kappa shape index (κ3) is 3.88. The van der Waals surface area contributed by atoms with Crippen molar-refractivity contribution in [1.82, 2.24) is 4.98 Å². The van der Waals surface area contributed by atoms with Gasteiger partial charge in [0.1, 0.15) is 5.82 Å². The molecule has 15 heavy (non-hydrogen) atoms. The summed E-state index contributed by atoms with van der Waals surface area (Å²) in [4.78, 5) is 6.46. The highest BCUT2D eigenvalue weighted by molar-refractivity contribution is 5.40. The zero-order valence-electron chi connectivity index (χ0n) is 9.61. The number of aliphatic hydroxyl groups is 1. The second kappa shape index (κ2) is 6.40. The number of rotatable bonds is 6. The van der Waals surface area contributed by atoms with E-state index in [1.54, 1.807) is 0 Å². The molecule has 0 amide bonds. The number of unbranched alkanes of at least 4 members (excludes halogenated alkanes) is 1. The predicted molar refractivity (Wildman–Crippen MR) is 63.2 cm³/mol. The standard InChI is InChI=1S/C12H20N2O/c1-3-4-7-14(8-9-15)12-10-11(2)5-6-13-12/h5-6,10,15H,3-4,7-9H2,1-2H3. The maximum atomic E-state index is 9.00. The molecule has 0 aliphatic heterocycles. The van der Waals surface area contributed by atoms with E-state index in [1.165, 1.54) is 5.56 Å². The first kappa shape index (κ1) is 12.0. The Morgan fingerprint density at radius 3 is 2.80 bits per heavy atom. The fourth-order valence-electron chi connectivity index (χ4n) is 1.50. The van der Waals surface area contributed by atoms with Crippen LogP contribution < -0.4 is 4.90 Å².